The number of Topliss-reactive ketones (excluding diaryl/α,β-unsaturated/α-hetero) is 1. The molecule has 1 atom stereocenters. The fraction of sp³-hybridized carbons (Fsp3) is 0.700. The summed E-state index contributed by atoms with van der Waals surface area (Å²) in [5.41, 5.74) is 0. The zero-order valence-electron chi connectivity index (χ0n) is 18.8. The highest BCUT2D eigenvalue weighted by atomic mass is 16.5. The molecule has 1 aliphatic rings. The lowest BCUT2D eigenvalue weighted by molar-refractivity contribution is -0.160. The first-order valence-corrected chi connectivity index (χ1v) is 10.1. The van der Waals surface area contributed by atoms with Gasteiger partial charge >= 0.3 is 17.9 Å². The van der Waals surface area contributed by atoms with Crippen LogP contribution in [0.1, 0.15) is 46.5 Å². The van der Waals surface area contributed by atoms with Crippen LogP contribution in [0.15, 0.2) is 0 Å². The van der Waals surface area contributed by atoms with Crippen molar-refractivity contribution in [2.45, 2.75) is 52.5 Å². The summed E-state index contributed by atoms with van der Waals surface area (Å²) in [6.45, 7) is 5.75. The number of carbonyl (C=O) groups is 6. The highest BCUT2D eigenvalue weighted by Gasteiger charge is 2.38. The number of piperidine rings is 1. The number of rotatable bonds is 9. The molecular formula is C20H32N2O9. The largest absolute Gasteiger partial charge is 0.466 e. The van der Waals surface area contributed by atoms with Gasteiger partial charge in [-0.3, -0.25) is 24.0 Å². The first kappa shape index (κ1) is 28.0. The maximum absolute atomic E-state index is 11.5. The van der Waals surface area contributed by atoms with Gasteiger partial charge in [0.2, 0.25) is 11.8 Å². The lowest BCUT2D eigenvalue weighted by Gasteiger charge is -2.29. The fourth-order valence-electron chi connectivity index (χ4n) is 2.54. The number of likely N-dealkylation sites (N-methyl/N-ethyl adjacent to an activating group) is 2. The van der Waals surface area contributed by atoms with Gasteiger partial charge in [-0.1, -0.05) is 0 Å². The standard InChI is InChI=1S/C11H19NO5.C9H13NO4/c1-4-16-10(14)7-6-9(13)12(3)8-11(15)17-5-2;1-3-14-9(13)8-6(11)4-5-7(12)10(8)2/h4-8H2,1-3H3;8H,3-5H2,1-2H3. The Morgan fingerprint density at radius 1 is 0.903 bits per heavy atom. The molecule has 0 aromatic carbocycles. The van der Waals surface area contributed by atoms with Crippen molar-refractivity contribution in [2.75, 3.05) is 40.5 Å². The number of ketones is 1. The molecule has 31 heavy (non-hydrogen) atoms. The van der Waals surface area contributed by atoms with Crippen LogP contribution in [0.3, 0.4) is 0 Å². The van der Waals surface area contributed by atoms with Gasteiger partial charge < -0.3 is 24.0 Å². The van der Waals surface area contributed by atoms with E-state index in [2.05, 4.69) is 0 Å². The SMILES string of the molecule is CCOC(=O)C1C(=O)CCC(=O)N1C.CCOC(=O)CCC(=O)N(C)CC(=O)OCC. The summed E-state index contributed by atoms with van der Waals surface area (Å²) in [7, 11) is 2.94. The summed E-state index contributed by atoms with van der Waals surface area (Å²) in [6.07, 6.45) is 0.381. The molecule has 0 aromatic heterocycles. The Morgan fingerprint density at radius 2 is 1.45 bits per heavy atom. The summed E-state index contributed by atoms with van der Waals surface area (Å²) in [5, 5.41) is 0. The predicted molar refractivity (Wildman–Crippen MR) is 108 cm³/mol. The molecule has 1 saturated heterocycles. The van der Waals surface area contributed by atoms with E-state index in [1.807, 2.05) is 0 Å². The quantitative estimate of drug-likeness (QED) is 0.275. The smallest absolute Gasteiger partial charge is 0.336 e. The number of amides is 2. The number of nitrogens with zero attached hydrogens (tertiary/aromatic N) is 2. The van der Waals surface area contributed by atoms with Crippen LogP contribution >= 0.6 is 0 Å². The normalized spacial score (nSPS) is 15.4. The minimum absolute atomic E-state index is 0.0276. The predicted octanol–water partition coefficient (Wildman–Crippen LogP) is 0.0906. The average molecular weight is 444 g/mol. The molecule has 11 nitrogen and oxygen atoms in total. The van der Waals surface area contributed by atoms with Crippen molar-refractivity contribution in [1.29, 1.82) is 0 Å². The zero-order valence-corrected chi connectivity index (χ0v) is 18.8. The maximum Gasteiger partial charge on any atom is 0.336 e. The van der Waals surface area contributed by atoms with Crippen molar-refractivity contribution < 1.29 is 43.0 Å². The van der Waals surface area contributed by atoms with Crippen LogP contribution in [0.2, 0.25) is 0 Å². The van der Waals surface area contributed by atoms with Crippen molar-refractivity contribution >= 4 is 35.5 Å². The zero-order chi connectivity index (χ0) is 24.0. The number of carbonyl (C=O) groups excluding carboxylic acids is 6. The second-order valence-corrected chi connectivity index (χ2v) is 6.49. The Hall–Kier alpha value is -2.98. The second-order valence-electron chi connectivity index (χ2n) is 6.49. The number of hydrogen-bond acceptors (Lipinski definition) is 9. The van der Waals surface area contributed by atoms with E-state index in [-0.39, 0.29) is 63.0 Å². The number of hydrogen-bond donors (Lipinski definition) is 0. The highest BCUT2D eigenvalue weighted by molar-refractivity contribution is 6.08. The third kappa shape index (κ3) is 10.6. The summed E-state index contributed by atoms with van der Waals surface area (Å²) in [5.74, 6) is -2.22. The number of ether oxygens (including phenoxy) is 3. The topological polar surface area (TPSA) is 137 Å². The average Bonchev–Trinajstić information content (AvgIpc) is 2.70. The molecular weight excluding hydrogens is 412 g/mol. The number of esters is 3. The molecule has 0 aliphatic carbocycles. The number of likely N-dealkylation sites (tertiary alicyclic amines) is 1. The maximum atomic E-state index is 11.5. The van der Waals surface area contributed by atoms with Crippen LogP contribution in [-0.2, 0) is 43.0 Å². The first-order chi connectivity index (χ1) is 14.6. The van der Waals surface area contributed by atoms with Gasteiger partial charge in [-0.25, -0.2) is 4.79 Å². The first-order valence-electron chi connectivity index (χ1n) is 10.1. The van der Waals surface area contributed by atoms with Crippen molar-refractivity contribution in [3.8, 4) is 0 Å². The van der Waals surface area contributed by atoms with E-state index in [0.29, 0.717) is 6.61 Å². The van der Waals surface area contributed by atoms with Gasteiger partial charge in [0, 0.05) is 33.4 Å². The van der Waals surface area contributed by atoms with E-state index in [1.54, 1.807) is 20.8 Å². The minimum atomic E-state index is -1.03. The van der Waals surface area contributed by atoms with E-state index in [4.69, 9.17) is 14.2 Å². The Labute approximate surface area is 182 Å². The van der Waals surface area contributed by atoms with Gasteiger partial charge in [0.25, 0.3) is 0 Å². The van der Waals surface area contributed by atoms with E-state index in [1.165, 1.54) is 19.0 Å². The van der Waals surface area contributed by atoms with Gasteiger partial charge in [0.1, 0.15) is 6.54 Å². The van der Waals surface area contributed by atoms with Crippen LogP contribution in [-0.4, -0.2) is 91.8 Å². The lowest BCUT2D eigenvalue weighted by atomic mass is 10.0. The van der Waals surface area contributed by atoms with Crippen LogP contribution in [0.25, 0.3) is 0 Å². The monoisotopic (exact) mass is 444 g/mol. The molecule has 2 amide bonds. The molecule has 11 heteroatoms. The molecule has 0 radical (unpaired) electrons. The van der Waals surface area contributed by atoms with Crippen LogP contribution in [0.4, 0.5) is 0 Å². The van der Waals surface area contributed by atoms with Crippen molar-refractivity contribution in [3.05, 3.63) is 0 Å². The molecule has 1 aliphatic heterocycles. The molecule has 1 heterocycles. The molecule has 0 bridgehead atoms. The van der Waals surface area contributed by atoms with Crippen molar-refractivity contribution in [2.24, 2.45) is 0 Å². The third-order valence-corrected chi connectivity index (χ3v) is 4.13. The van der Waals surface area contributed by atoms with Gasteiger partial charge in [0.05, 0.1) is 26.2 Å². The van der Waals surface area contributed by atoms with Gasteiger partial charge in [-0.2, -0.15) is 0 Å². The van der Waals surface area contributed by atoms with E-state index in [0.717, 1.165) is 4.90 Å². The molecule has 0 aromatic rings. The Balaban J connectivity index is 0.000000590. The molecule has 176 valence electrons. The Morgan fingerprint density at radius 3 is 2.00 bits per heavy atom. The lowest BCUT2D eigenvalue weighted by Crippen LogP contribution is -2.51. The van der Waals surface area contributed by atoms with Crippen molar-refractivity contribution in [3.63, 3.8) is 0 Å². The molecule has 0 N–H and O–H groups in total. The Kier molecular flexibility index (Phi) is 13.5. The highest BCUT2D eigenvalue weighted by Crippen LogP contribution is 2.14. The minimum Gasteiger partial charge on any atom is -0.466 e. The second kappa shape index (κ2) is 14.9. The van der Waals surface area contributed by atoms with Gasteiger partial charge in [-0.05, 0) is 20.8 Å². The van der Waals surface area contributed by atoms with E-state index >= 15 is 0 Å². The molecule has 0 saturated carbocycles. The summed E-state index contributed by atoms with van der Waals surface area (Å²) in [6, 6.07) is -1.03. The Bertz CT molecular complexity index is 663. The molecule has 1 unspecified atom stereocenters. The molecule has 1 fully saturated rings. The van der Waals surface area contributed by atoms with Gasteiger partial charge in [-0.15, -0.1) is 0 Å². The van der Waals surface area contributed by atoms with Crippen LogP contribution < -0.4 is 0 Å². The van der Waals surface area contributed by atoms with Crippen LogP contribution in [0.5, 0.6) is 0 Å². The van der Waals surface area contributed by atoms with Crippen molar-refractivity contribution in [1.82, 2.24) is 9.80 Å². The molecule has 1 rings (SSSR count). The fourth-order valence-corrected chi connectivity index (χ4v) is 2.54. The summed E-state index contributed by atoms with van der Waals surface area (Å²) in [4.78, 5) is 69.9. The summed E-state index contributed by atoms with van der Waals surface area (Å²) < 4.78 is 14.1. The van der Waals surface area contributed by atoms with E-state index in [9.17, 15) is 28.8 Å². The van der Waals surface area contributed by atoms with Crippen LogP contribution in [0, 0.1) is 0 Å². The summed E-state index contributed by atoms with van der Waals surface area (Å²) >= 11 is 0. The van der Waals surface area contributed by atoms with Gasteiger partial charge in [0.15, 0.2) is 11.8 Å². The third-order valence-electron chi connectivity index (χ3n) is 4.13. The van der Waals surface area contributed by atoms with E-state index < -0.39 is 23.9 Å². The molecule has 0 spiro atoms.